The first-order valence-electron chi connectivity index (χ1n) is 7.46. The molecule has 0 amide bonds. The second-order valence-corrected chi connectivity index (χ2v) is 5.74. The smallest absolute Gasteiger partial charge is 0.232 e. The lowest BCUT2D eigenvalue weighted by Gasteiger charge is -2.18. The van der Waals surface area contributed by atoms with Crippen LogP contribution in [-0.4, -0.2) is 22.9 Å². The molecule has 6 heteroatoms. The topological polar surface area (TPSA) is 57.4 Å². The molecule has 3 rings (SSSR count). The van der Waals surface area contributed by atoms with Crippen LogP contribution in [0.1, 0.15) is 37.9 Å². The molecule has 2 atom stereocenters. The fourth-order valence-corrected chi connectivity index (χ4v) is 2.71. The van der Waals surface area contributed by atoms with Crippen molar-refractivity contribution in [3.8, 4) is 5.75 Å². The predicted octanol–water partition coefficient (Wildman–Crippen LogP) is 3.32. The zero-order chi connectivity index (χ0) is 15.5. The maximum absolute atomic E-state index is 13.5. The van der Waals surface area contributed by atoms with E-state index in [1.807, 2.05) is 0 Å². The van der Waals surface area contributed by atoms with E-state index < -0.39 is 5.82 Å². The van der Waals surface area contributed by atoms with Crippen molar-refractivity contribution in [1.82, 2.24) is 10.1 Å². The summed E-state index contributed by atoms with van der Waals surface area (Å²) in [6.45, 7) is 5.00. The SMILES string of the molecule is CC(C)[C@H]1OCC[C@@H]1c1nc(COc2ccccc2F)no1. The van der Waals surface area contributed by atoms with Gasteiger partial charge in [0.1, 0.15) is 0 Å². The van der Waals surface area contributed by atoms with E-state index in [4.69, 9.17) is 14.0 Å². The van der Waals surface area contributed by atoms with Crippen molar-refractivity contribution in [1.29, 1.82) is 0 Å². The second kappa shape index (κ2) is 6.44. The number of para-hydroxylation sites is 1. The van der Waals surface area contributed by atoms with Crippen molar-refractivity contribution in [3.05, 3.63) is 41.8 Å². The van der Waals surface area contributed by atoms with Crippen LogP contribution in [-0.2, 0) is 11.3 Å². The molecule has 0 radical (unpaired) electrons. The fraction of sp³-hybridized carbons (Fsp3) is 0.500. The minimum atomic E-state index is -0.407. The Bertz CT molecular complexity index is 629. The Labute approximate surface area is 128 Å². The number of nitrogens with zero attached hydrogens (tertiary/aromatic N) is 2. The third-order valence-corrected chi connectivity index (χ3v) is 3.79. The normalized spacial score (nSPS) is 21.5. The highest BCUT2D eigenvalue weighted by Crippen LogP contribution is 2.34. The van der Waals surface area contributed by atoms with Gasteiger partial charge in [-0.25, -0.2) is 4.39 Å². The molecule has 0 bridgehead atoms. The summed E-state index contributed by atoms with van der Waals surface area (Å²) in [6, 6.07) is 6.24. The molecular weight excluding hydrogens is 287 g/mol. The third-order valence-electron chi connectivity index (χ3n) is 3.79. The van der Waals surface area contributed by atoms with Gasteiger partial charge < -0.3 is 14.0 Å². The Hall–Kier alpha value is -1.95. The van der Waals surface area contributed by atoms with Gasteiger partial charge in [0, 0.05) is 6.61 Å². The van der Waals surface area contributed by atoms with Crippen LogP contribution in [0.2, 0.25) is 0 Å². The maximum Gasteiger partial charge on any atom is 0.232 e. The van der Waals surface area contributed by atoms with Gasteiger partial charge in [-0.2, -0.15) is 4.98 Å². The largest absolute Gasteiger partial charge is 0.482 e. The van der Waals surface area contributed by atoms with Crippen LogP contribution in [0.3, 0.4) is 0 Å². The van der Waals surface area contributed by atoms with E-state index in [0.717, 1.165) is 6.42 Å². The zero-order valence-corrected chi connectivity index (χ0v) is 12.7. The van der Waals surface area contributed by atoms with Crippen LogP contribution in [0.5, 0.6) is 5.75 Å². The highest BCUT2D eigenvalue weighted by atomic mass is 19.1. The van der Waals surface area contributed by atoms with E-state index in [9.17, 15) is 4.39 Å². The average molecular weight is 306 g/mol. The molecule has 0 unspecified atom stereocenters. The minimum Gasteiger partial charge on any atom is -0.482 e. The summed E-state index contributed by atoms with van der Waals surface area (Å²) in [4.78, 5) is 4.36. The van der Waals surface area contributed by atoms with Gasteiger partial charge in [0.15, 0.2) is 18.2 Å². The lowest BCUT2D eigenvalue weighted by Crippen LogP contribution is -2.21. The predicted molar refractivity (Wildman–Crippen MR) is 77.0 cm³/mol. The molecule has 22 heavy (non-hydrogen) atoms. The van der Waals surface area contributed by atoms with Crippen molar-refractivity contribution in [2.24, 2.45) is 5.92 Å². The molecule has 5 nitrogen and oxygen atoms in total. The number of hydrogen-bond acceptors (Lipinski definition) is 5. The molecule has 1 aliphatic heterocycles. The van der Waals surface area contributed by atoms with Gasteiger partial charge >= 0.3 is 0 Å². The quantitative estimate of drug-likeness (QED) is 0.848. The summed E-state index contributed by atoms with van der Waals surface area (Å²) in [5.74, 6) is 1.26. The fourth-order valence-electron chi connectivity index (χ4n) is 2.71. The molecular formula is C16H19FN2O3. The summed E-state index contributed by atoms with van der Waals surface area (Å²) < 4.78 is 29.9. The molecule has 1 saturated heterocycles. The van der Waals surface area contributed by atoms with Crippen molar-refractivity contribution < 1.29 is 18.4 Å². The Morgan fingerprint density at radius 1 is 1.36 bits per heavy atom. The van der Waals surface area contributed by atoms with Crippen molar-refractivity contribution in [2.75, 3.05) is 6.61 Å². The highest BCUT2D eigenvalue weighted by Gasteiger charge is 2.35. The minimum absolute atomic E-state index is 0.0738. The average Bonchev–Trinajstić information content (AvgIpc) is 3.15. The van der Waals surface area contributed by atoms with Crippen LogP contribution in [0.4, 0.5) is 4.39 Å². The van der Waals surface area contributed by atoms with E-state index in [2.05, 4.69) is 24.0 Å². The van der Waals surface area contributed by atoms with Crippen LogP contribution >= 0.6 is 0 Å². The Balaban J connectivity index is 1.65. The van der Waals surface area contributed by atoms with Gasteiger partial charge in [0.25, 0.3) is 0 Å². The first-order chi connectivity index (χ1) is 10.6. The lowest BCUT2D eigenvalue weighted by molar-refractivity contribution is 0.0627. The molecule has 1 aromatic heterocycles. The van der Waals surface area contributed by atoms with Crippen molar-refractivity contribution in [2.45, 2.75) is 38.9 Å². The van der Waals surface area contributed by atoms with Gasteiger partial charge in [0.05, 0.1) is 12.0 Å². The first-order valence-corrected chi connectivity index (χ1v) is 7.46. The Morgan fingerprint density at radius 2 is 2.18 bits per heavy atom. The molecule has 118 valence electrons. The molecule has 0 saturated carbocycles. The summed E-state index contributed by atoms with van der Waals surface area (Å²) in [5, 5.41) is 3.91. The molecule has 1 fully saturated rings. The number of aromatic nitrogens is 2. The second-order valence-electron chi connectivity index (χ2n) is 5.74. The zero-order valence-electron chi connectivity index (χ0n) is 12.7. The van der Waals surface area contributed by atoms with Crippen molar-refractivity contribution >= 4 is 0 Å². The molecule has 1 aromatic carbocycles. The monoisotopic (exact) mass is 306 g/mol. The van der Waals surface area contributed by atoms with Crippen LogP contribution in [0.25, 0.3) is 0 Å². The molecule has 2 heterocycles. The highest BCUT2D eigenvalue weighted by molar-refractivity contribution is 5.23. The third kappa shape index (κ3) is 3.11. The standard InChI is InChI=1S/C16H19FN2O3/c1-10(2)15-11(7-8-20-15)16-18-14(19-22-16)9-21-13-6-4-3-5-12(13)17/h3-6,10-11,15H,7-9H2,1-2H3/t11-,15+/m0/s1. The van der Waals surface area contributed by atoms with Crippen LogP contribution in [0.15, 0.2) is 28.8 Å². The Kier molecular flexibility index (Phi) is 4.38. The lowest BCUT2D eigenvalue weighted by atomic mass is 9.93. The number of ether oxygens (including phenoxy) is 2. The molecule has 0 spiro atoms. The van der Waals surface area contributed by atoms with Gasteiger partial charge in [-0.05, 0) is 24.5 Å². The Morgan fingerprint density at radius 3 is 2.95 bits per heavy atom. The molecule has 0 N–H and O–H groups in total. The summed E-state index contributed by atoms with van der Waals surface area (Å²) in [7, 11) is 0. The summed E-state index contributed by atoms with van der Waals surface area (Å²) >= 11 is 0. The van der Waals surface area contributed by atoms with Gasteiger partial charge in [-0.3, -0.25) is 0 Å². The number of hydrogen-bond donors (Lipinski definition) is 0. The maximum atomic E-state index is 13.5. The van der Waals surface area contributed by atoms with Gasteiger partial charge in [0.2, 0.25) is 11.7 Å². The molecule has 1 aliphatic rings. The first kappa shape index (κ1) is 15.0. The van der Waals surface area contributed by atoms with Gasteiger partial charge in [-0.15, -0.1) is 0 Å². The van der Waals surface area contributed by atoms with Crippen LogP contribution < -0.4 is 4.74 Å². The summed E-state index contributed by atoms with van der Waals surface area (Å²) in [5.41, 5.74) is 0. The molecule has 0 aliphatic carbocycles. The number of halogens is 1. The van der Waals surface area contributed by atoms with E-state index >= 15 is 0 Å². The molecule has 2 aromatic rings. The van der Waals surface area contributed by atoms with Crippen LogP contribution in [0, 0.1) is 11.7 Å². The van der Waals surface area contributed by atoms with E-state index in [0.29, 0.717) is 24.2 Å². The van der Waals surface area contributed by atoms with Gasteiger partial charge in [-0.1, -0.05) is 31.1 Å². The van der Waals surface area contributed by atoms with Crippen molar-refractivity contribution in [3.63, 3.8) is 0 Å². The van der Waals surface area contributed by atoms with E-state index in [1.54, 1.807) is 18.2 Å². The van der Waals surface area contributed by atoms with E-state index in [1.165, 1.54) is 6.07 Å². The number of benzene rings is 1. The summed E-state index contributed by atoms with van der Waals surface area (Å²) in [6.07, 6.45) is 0.972. The van der Waals surface area contributed by atoms with E-state index in [-0.39, 0.29) is 24.4 Å². The number of rotatable bonds is 5.